The predicted molar refractivity (Wildman–Crippen MR) is 86.1 cm³/mol. The minimum atomic E-state index is -0.0542. The van der Waals surface area contributed by atoms with Crippen molar-refractivity contribution in [1.82, 2.24) is 15.0 Å². The first-order chi connectivity index (χ1) is 10.7. The van der Waals surface area contributed by atoms with Crippen LogP contribution in [-0.4, -0.2) is 21.5 Å². The van der Waals surface area contributed by atoms with Gasteiger partial charge in [0.05, 0.1) is 11.9 Å². The minimum Gasteiger partial charge on any atom is -0.310 e. The summed E-state index contributed by atoms with van der Waals surface area (Å²) in [5, 5.41) is 11.1. The molecule has 112 valence electrons. The summed E-state index contributed by atoms with van der Waals surface area (Å²) in [6.45, 7) is 3.81. The van der Waals surface area contributed by atoms with Crippen molar-refractivity contribution in [1.29, 1.82) is 0 Å². The highest BCUT2D eigenvalue weighted by atomic mass is 32.1. The molecule has 3 heterocycles. The van der Waals surface area contributed by atoms with Crippen molar-refractivity contribution in [2.45, 2.75) is 26.1 Å². The first-order valence-corrected chi connectivity index (χ1v) is 8.35. The van der Waals surface area contributed by atoms with Crippen molar-refractivity contribution >= 4 is 22.2 Å². The van der Waals surface area contributed by atoms with E-state index in [4.69, 9.17) is 0 Å². The van der Waals surface area contributed by atoms with Crippen LogP contribution in [0.4, 0.5) is 0 Å². The zero-order valence-corrected chi connectivity index (χ0v) is 13.1. The lowest BCUT2D eigenvalue weighted by Crippen LogP contribution is -3.12. The van der Waals surface area contributed by atoms with Gasteiger partial charge in [-0.15, -0.1) is 16.4 Å². The van der Waals surface area contributed by atoms with E-state index in [2.05, 4.69) is 28.7 Å². The molecule has 22 heavy (non-hydrogen) atoms. The second-order valence-electron chi connectivity index (χ2n) is 5.75. The molecule has 6 heteroatoms. The Morgan fingerprint density at radius 3 is 3.14 bits per heavy atom. The Balaban J connectivity index is 1.67. The molecule has 0 saturated carbocycles. The second-order valence-corrected chi connectivity index (χ2v) is 6.75. The highest BCUT2D eigenvalue weighted by Gasteiger charge is 2.28. The van der Waals surface area contributed by atoms with Crippen LogP contribution in [0.3, 0.4) is 0 Å². The van der Waals surface area contributed by atoms with E-state index in [-0.39, 0.29) is 5.56 Å². The van der Waals surface area contributed by atoms with Crippen LogP contribution < -0.4 is 10.5 Å². The fourth-order valence-corrected chi connectivity index (χ4v) is 4.17. The molecule has 0 saturated heterocycles. The van der Waals surface area contributed by atoms with E-state index in [1.54, 1.807) is 0 Å². The van der Waals surface area contributed by atoms with Crippen LogP contribution in [0.5, 0.6) is 0 Å². The first kappa shape index (κ1) is 13.6. The predicted octanol–water partition coefficient (Wildman–Crippen LogP) is 1.01. The number of thiophene rings is 1. The lowest BCUT2D eigenvalue weighted by Gasteiger charge is -2.30. The number of nitrogens with one attached hydrogen (secondary N) is 1. The SMILES string of the molecule is C[C@@H]1c2ccsc2CC[NH+]1Cn1nnc2ccccc2c1=O. The molecular weight excluding hydrogens is 296 g/mol. The Hall–Kier alpha value is -2.05. The van der Waals surface area contributed by atoms with Gasteiger partial charge >= 0.3 is 0 Å². The fourth-order valence-electron chi connectivity index (χ4n) is 3.19. The highest BCUT2D eigenvalue weighted by molar-refractivity contribution is 7.10. The first-order valence-electron chi connectivity index (χ1n) is 7.47. The molecule has 0 bridgehead atoms. The van der Waals surface area contributed by atoms with Gasteiger partial charge in [0.25, 0.3) is 5.56 Å². The molecule has 0 amide bonds. The maximum atomic E-state index is 12.6. The molecule has 2 atom stereocenters. The molecule has 1 N–H and O–H groups in total. The van der Waals surface area contributed by atoms with Crippen molar-refractivity contribution < 1.29 is 4.90 Å². The monoisotopic (exact) mass is 313 g/mol. The maximum absolute atomic E-state index is 12.6. The van der Waals surface area contributed by atoms with Gasteiger partial charge in [0.2, 0.25) is 0 Å². The van der Waals surface area contributed by atoms with Crippen LogP contribution in [0.2, 0.25) is 0 Å². The molecule has 3 aromatic rings. The molecule has 4 rings (SSSR count). The van der Waals surface area contributed by atoms with Crippen LogP contribution in [0.1, 0.15) is 23.4 Å². The third-order valence-electron chi connectivity index (χ3n) is 4.51. The van der Waals surface area contributed by atoms with Gasteiger partial charge in [0.15, 0.2) is 6.67 Å². The van der Waals surface area contributed by atoms with E-state index in [9.17, 15) is 4.79 Å². The molecule has 0 radical (unpaired) electrons. The van der Waals surface area contributed by atoms with Crippen molar-refractivity contribution in [3.63, 3.8) is 0 Å². The molecule has 1 unspecified atom stereocenters. The van der Waals surface area contributed by atoms with Crippen LogP contribution in [0.25, 0.3) is 10.9 Å². The number of hydrogen-bond donors (Lipinski definition) is 1. The summed E-state index contributed by atoms with van der Waals surface area (Å²) >= 11 is 1.83. The van der Waals surface area contributed by atoms with Gasteiger partial charge in [-0.25, -0.2) is 0 Å². The number of quaternary nitrogens is 1. The number of aromatic nitrogens is 3. The topological polar surface area (TPSA) is 52.2 Å². The molecule has 1 aliphatic heterocycles. The van der Waals surface area contributed by atoms with Crippen molar-refractivity contribution in [3.8, 4) is 0 Å². The normalized spacial score (nSPS) is 21.0. The summed E-state index contributed by atoms with van der Waals surface area (Å²) in [7, 11) is 0. The van der Waals surface area contributed by atoms with Gasteiger partial charge in [0.1, 0.15) is 11.6 Å². The molecule has 0 aliphatic carbocycles. The number of hydrogen-bond acceptors (Lipinski definition) is 4. The molecule has 0 spiro atoms. The van der Waals surface area contributed by atoms with E-state index in [0.29, 0.717) is 23.6 Å². The van der Waals surface area contributed by atoms with Crippen molar-refractivity contribution in [3.05, 3.63) is 56.5 Å². The summed E-state index contributed by atoms with van der Waals surface area (Å²) in [6.07, 6.45) is 1.07. The molecule has 5 nitrogen and oxygen atoms in total. The smallest absolute Gasteiger partial charge is 0.282 e. The minimum absolute atomic E-state index is 0.0542. The van der Waals surface area contributed by atoms with Crippen molar-refractivity contribution in [2.24, 2.45) is 0 Å². The summed E-state index contributed by atoms with van der Waals surface area (Å²) < 4.78 is 1.51. The van der Waals surface area contributed by atoms with E-state index in [1.807, 2.05) is 35.6 Å². The third kappa shape index (κ3) is 2.15. The van der Waals surface area contributed by atoms with Gasteiger partial charge in [-0.3, -0.25) is 4.79 Å². The Bertz CT molecular complexity index is 885. The Morgan fingerprint density at radius 2 is 2.23 bits per heavy atom. The number of nitrogens with zero attached hydrogens (tertiary/aromatic N) is 3. The van der Waals surface area contributed by atoms with Crippen LogP contribution in [-0.2, 0) is 13.1 Å². The van der Waals surface area contributed by atoms with Gasteiger partial charge in [-0.2, -0.15) is 4.68 Å². The van der Waals surface area contributed by atoms with Crippen LogP contribution >= 0.6 is 11.3 Å². The van der Waals surface area contributed by atoms with E-state index in [0.717, 1.165) is 13.0 Å². The van der Waals surface area contributed by atoms with E-state index in [1.165, 1.54) is 20.0 Å². The summed E-state index contributed by atoms with van der Waals surface area (Å²) in [5.74, 6) is 0. The Kier molecular flexibility index (Phi) is 3.28. The fraction of sp³-hybridized carbons (Fsp3) is 0.312. The quantitative estimate of drug-likeness (QED) is 0.768. The average Bonchev–Trinajstić information content (AvgIpc) is 3.02. The maximum Gasteiger partial charge on any atom is 0.282 e. The second kappa shape index (κ2) is 5.30. The number of fused-ring (bicyclic) bond motifs is 2. The molecule has 0 fully saturated rings. The zero-order valence-electron chi connectivity index (χ0n) is 12.3. The van der Waals surface area contributed by atoms with Gasteiger partial charge in [-0.05, 0) is 30.5 Å². The average molecular weight is 313 g/mol. The number of benzene rings is 1. The lowest BCUT2D eigenvalue weighted by molar-refractivity contribution is -0.954. The molecule has 1 aromatic carbocycles. The molecule has 2 aromatic heterocycles. The van der Waals surface area contributed by atoms with Gasteiger partial charge in [-0.1, -0.05) is 17.3 Å². The summed E-state index contributed by atoms with van der Waals surface area (Å²) in [6, 6.07) is 9.96. The van der Waals surface area contributed by atoms with Crippen molar-refractivity contribution in [2.75, 3.05) is 6.54 Å². The summed E-state index contributed by atoms with van der Waals surface area (Å²) in [4.78, 5) is 15.4. The largest absolute Gasteiger partial charge is 0.310 e. The van der Waals surface area contributed by atoms with Gasteiger partial charge in [0, 0.05) is 16.9 Å². The Morgan fingerprint density at radius 1 is 1.36 bits per heavy atom. The van der Waals surface area contributed by atoms with Crippen LogP contribution in [0, 0.1) is 0 Å². The highest BCUT2D eigenvalue weighted by Crippen LogP contribution is 2.24. The molecule has 1 aliphatic rings. The Labute approximate surface area is 131 Å². The standard InChI is InChI=1S/C16H16N4OS/c1-11-12-7-9-22-15(12)6-8-19(11)10-20-16(21)13-4-2-3-5-14(13)17-18-20/h2-5,7,9,11H,6,8,10H2,1H3/p+1/t11-/m1/s1. The third-order valence-corrected chi connectivity index (χ3v) is 5.51. The molecular formula is C16H17N4OS+. The zero-order chi connectivity index (χ0) is 15.1. The van der Waals surface area contributed by atoms with E-state index < -0.39 is 0 Å². The summed E-state index contributed by atoms with van der Waals surface area (Å²) in [5.41, 5.74) is 2.01. The number of rotatable bonds is 2. The van der Waals surface area contributed by atoms with Gasteiger partial charge < -0.3 is 4.90 Å². The van der Waals surface area contributed by atoms with E-state index >= 15 is 0 Å². The lowest BCUT2D eigenvalue weighted by atomic mass is 10.0. The van der Waals surface area contributed by atoms with Crippen LogP contribution in [0.15, 0.2) is 40.5 Å².